The average Bonchev–Trinajstić information content (AvgIpc) is 3.54. The summed E-state index contributed by atoms with van der Waals surface area (Å²) in [5, 5.41) is 11.8. The van der Waals surface area contributed by atoms with Crippen LogP contribution < -0.4 is 23.8 Å². The molecule has 212 valence electrons. The number of rotatable bonds is 10. The molecule has 1 aliphatic rings. The van der Waals surface area contributed by atoms with Crippen LogP contribution in [0.1, 0.15) is 36.9 Å². The van der Waals surface area contributed by atoms with Crippen molar-refractivity contribution in [3.63, 3.8) is 0 Å². The smallest absolute Gasteiger partial charge is 0.301 e. The standard InChI is InChI=1S/C31H30N2O7S/c1-5-6-14-40-23-13-10-18(16-24(23)39-4)27-26(28(34)19-8-7-9-20(15-19)37-2)29(35)30(36)33(27)31-32-22-12-11-21(38-3)17-25(22)41-31/h7-13,15-17,27,34H,5-6,14H2,1-4H3/b28-26+. The lowest BCUT2D eigenvalue weighted by Gasteiger charge is -2.24. The number of carbonyl (C=O) groups excluding carboxylic acids is 2. The number of aliphatic hydroxyl groups excluding tert-OH is 1. The van der Waals surface area contributed by atoms with Crippen molar-refractivity contribution in [2.45, 2.75) is 25.8 Å². The van der Waals surface area contributed by atoms with Crippen molar-refractivity contribution in [3.05, 3.63) is 77.4 Å². The molecule has 1 fully saturated rings. The van der Waals surface area contributed by atoms with Crippen molar-refractivity contribution in [1.29, 1.82) is 0 Å². The minimum absolute atomic E-state index is 0.0678. The van der Waals surface area contributed by atoms with Crippen LogP contribution in [-0.4, -0.2) is 49.7 Å². The van der Waals surface area contributed by atoms with Crippen molar-refractivity contribution in [2.75, 3.05) is 32.8 Å². The highest BCUT2D eigenvalue weighted by Gasteiger charge is 2.48. The number of aliphatic hydroxyl groups is 1. The number of fused-ring (bicyclic) bond motifs is 1. The van der Waals surface area contributed by atoms with Gasteiger partial charge in [0.25, 0.3) is 5.78 Å². The van der Waals surface area contributed by atoms with E-state index in [0.29, 0.717) is 51.4 Å². The van der Waals surface area contributed by atoms with Crippen LogP contribution in [-0.2, 0) is 9.59 Å². The molecule has 4 aromatic rings. The minimum Gasteiger partial charge on any atom is -0.507 e. The van der Waals surface area contributed by atoms with E-state index < -0.39 is 17.7 Å². The molecule has 0 bridgehead atoms. The van der Waals surface area contributed by atoms with E-state index in [1.54, 1.807) is 61.7 Å². The molecular formula is C31H30N2O7S. The quantitative estimate of drug-likeness (QED) is 0.104. The minimum atomic E-state index is -0.984. The van der Waals surface area contributed by atoms with Gasteiger partial charge in [-0.2, -0.15) is 0 Å². The fourth-order valence-corrected chi connectivity index (χ4v) is 5.71. The number of thiazole rings is 1. The summed E-state index contributed by atoms with van der Waals surface area (Å²) >= 11 is 1.25. The van der Waals surface area contributed by atoms with Gasteiger partial charge in [0.05, 0.1) is 49.8 Å². The highest BCUT2D eigenvalue weighted by Crippen LogP contribution is 2.46. The van der Waals surface area contributed by atoms with Crippen LogP contribution in [0.25, 0.3) is 16.0 Å². The van der Waals surface area contributed by atoms with Gasteiger partial charge in [0.15, 0.2) is 16.6 Å². The van der Waals surface area contributed by atoms with Crippen LogP contribution in [0.4, 0.5) is 5.13 Å². The number of amides is 1. The molecule has 3 aromatic carbocycles. The van der Waals surface area contributed by atoms with Crippen LogP contribution in [0.15, 0.2) is 66.2 Å². The highest BCUT2D eigenvalue weighted by atomic mass is 32.1. The van der Waals surface area contributed by atoms with E-state index in [4.69, 9.17) is 18.9 Å². The Morgan fingerprint density at radius 3 is 2.46 bits per heavy atom. The van der Waals surface area contributed by atoms with Crippen LogP contribution >= 0.6 is 11.3 Å². The molecule has 0 aliphatic carbocycles. The first-order valence-corrected chi connectivity index (χ1v) is 13.9. The third-order valence-corrected chi connectivity index (χ3v) is 7.85. The van der Waals surface area contributed by atoms with Gasteiger partial charge in [-0.15, -0.1) is 0 Å². The molecule has 1 aliphatic heterocycles. The van der Waals surface area contributed by atoms with E-state index in [1.165, 1.54) is 30.5 Å². The topological polar surface area (TPSA) is 107 Å². The van der Waals surface area contributed by atoms with Gasteiger partial charge in [-0.1, -0.05) is 42.9 Å². The van der Waals surface area contributed by atoms with Crippen LogP contribution in [0.2, 0.25) is 0 Å². The normalized spacial score (nSPS) is 16.3. The number of hydrogen-bond donors (Lipinski definition) is 1. The van der Waals surface area contributed by atoms with Gasteiger partial charge in [0.2, 0.25) is 0 Å². The Kier molecular flexibility index (Phi) is 8.11. The number of aromatic nitrogens is 1. The summed E-state index contributed by atoms with van der Waals surface area (Å²) in [7, 11) is 4.61. The highest BCUT2D eigenvalue weighted by molar-refractivity contribution is 7.22. The Balaban J connectivity index is 1.69. The predicted octanol–water partition coefficient (Wildman–Crippen LogP) is 6.13. The lowest BCUT2D eigenvalue weighted by atomic mass is 9.95. The van der Waals surface area contributed by atoms with Gasteiger partial charge in [-0.25, -0.2) is 4.98 Å². The number of ketones is 1. The maximum Gasteiger partial charge on any atom is 0.301 e. The van der Waals surface area contributed by atoms with Gasteiger partial charge >= 0.3 is 5.91 Å². The molecule has 5 rings (SSSR count). The summed E-state index contributed by atoms with van der Waals surface area (Å²) in [6, 6.07) is 16.3. The van der Waals surface area contributed by atoms with Crippen molar-refractivity contribution in [1.82, 2.24) is 4.98 Å². The number of ether oxygens (including phenoxy) is 4. The number of anilines is 1. The lowest BCUT2D eigenvalue weighted by molar-refractivity contribution is -0.132. The van der Waals surface area contributed by atoms with E-state index in [-0.39, 0.29) is 11.3 Å². The fraction of sp³-hybridized carbons (Fsp3) is 0.258. The zero-order valence-corrected chi connectivity index (χ0v) is 24.0. The number of hydrogen-bond acceptors (Lipinski definition) is 9. The van der Waals surface area contributed by atoms with E-state index in [9.17, 15) is 14.7 Å². The Morgan fingerprint density at radius 2 is 1.73 bits per heavy atom. The zero-order chi connectivity index (χ0) is 29.1. The molecular weight excluding hydrogens is 544 g/mol. The first-order valence-electron chi connectivity index (χ1n) is 13.1. The largest absolute Gasteiger partial charge is 0.507 e. The van der Waals surface area contributed by atoms with Gasteiger partial charge in [0.1, 0.15) is 17.3 Å². The summed E-state index contributed by atoms with van der Waals surface area (Å²) in [5.41, 5.74) is 1.47. The van der Waals surface area contributed by atoms with Gasteiger partial charge in [-0.05, 0) is 54.4 Å². The molecule has 1 unspecified atom stereocenters. The molecule has 1 amide bonds. The molecule has 0 radical (unpaired) electrons. The number of Topliss-reactive ketones (excluding diaryl/α,β-unsaturated/α-hetero) is 1. The first kappa shape index (κ1) is 28.0. The summed E-state index contributed by atoms with van der Waals surface area (Å²) in [5.74, 6) is 0.186. The molecule has 1 saturated heterocycles. The Labute approximate surface area is 241 Å². The second-order valence-electron chi connectivity index (χ2n) is 9.34. The molecule has 9 nitrogen and oxygen atoms in total. The van der Waals surface area contributed by atoms with Gasteiger partial charge < -0.3 is 24.1 Å². The van der Waals surface area contributed by atoms with Crippen LogP contribution in [0, 0.1) is 0 Å². The SMILES string of the molecule is CCCCOc1ccc(C2/C(=C(\O)c3cccc(OC)c3)C(=O)C(=O)N2c2nc3ccc(OC)cc3s2)cc1OC. The molecule has 10 heteroatoms. The lowest BCUT2D eigenvalue weighted by Crippen LogP contribution is -2.29. The maximum absolute atomic E-state index is 13.6. The third-order valence-electron chi connectivity index (χ3n) is 6.84. The second-order valence-corrected chi connectivity index (χ2v) is 10.4. The maximum atomic E-state index is 13.6. The van der Waals surface area contributed by atoms with E-state index >= 15 is 0 Å². The number of unbranched alkanes of at least 4 members (excludes halogenated alkanes) is 1. The molecule has 2 heterocycles. The van der Waals surface area contributed by atoms with Gasteiger partial charge in [0, 0.05) is 5.56 Å². The van der Waals surface area contributed by atoms with E-state index in [2.05, 4.69) is 11.9 Å². The third kappa shape index (κ3) is 5.30. The van der Waals surface area contributed by atoms with E-state index in [1.807, 2.05) is 6.07 Å². The summed E-state index contributed by atoms with van der Waals surface area (Å²) < 4.78 is 23.0. The Bertz CT molecular complexity index is 1640. The number of methoxy groups -OCH3 is 3. The number of nitrogens with zero attached hydrogens (tertiary/aromatic N) is 2. The Hall–Kier alpha value is -4.57. The van der Waals surface area contributed by atoms with Crippen LogP contribution in [0.3, 0.4) is 0 Å². The Morgan fingerprint density at radius 1 is 0.951 bits per heavy atom. The second kappa shape index (κ2) is 11.9. The molecule has 1 aromatic heterocycles. The van der Waals surface area contributed by atoms with E-state index in [0.717, 1.165) is 17.5 Å². The average molecular weight is 575 g/mol. The van der Waals surface area contributed by atoms with Crippen molar-refractivity contribution in [3.8, 4) is 23.0 Å². The predicted molar refractivity (Wildman–Crippen MR) is 157 cm³/mol. The number of carbonyl (C=O) groups is 2. The summed E-state index contributed by atoms with van der Waals surface area (Å²) in [6.07, 6.45) is 1.86. The molecule has 1 atom stereocenters. The zero-order valence-electron chi connectivity index (χ0n) is 23.2. The number of benzene rings is 3. The molecule has 0 spiro atoms. The summed E-state index contributed by atoms with van der Waals surface area (Å²) in [4.78, 5) is 33.3. The van der Waals surface area contributed by atoms with Crippen LogP contribution in [0.5, 0.6) is 23.0 Å². The molecule has 1 N–H and O–H groups in total. The van der Waals surface area contributed by atoms with Crippen molar-refractivity contribution in [2.24, 2.45) is 0 Å². The summed E-state index contributed by atoms with van der Waals surface area (Å²) in [6.45, 7) is 2.60. The van der Waals surface area contributed by atoms with Crippen molar-refractivity contribution < 1.29 is 33.6 Å². The molecule has 0 saturated carbocycles. The first-order chi connectivity index (χ1) is 19.9. The monoisotopic (exact) mass is 574 g/mol. The fourth-order valence-electron chi connectivity index (χ4n) is 4.69. The van der Waals surface area contributed by atoms with Crippen molar-refractivity contribution >= 4 is 44.1 Å². The van der Waals surface area contributed by atoms with Gasteiger partial charge in [-0.3, -0.25) is 14.5 Å². The molecule has 41 heavy (non-hydrogen) atoms.